The Morgan fingerprint density at radius 1 is 1.14 bits per heavy atom. The highest BCUT2D eigenvalue weighted by Gasteiger charge is 2.35. The number of benzene rings is 2. The molecule has 0 amide bonds. The summed E-state index contributed by atoms with van der Waals surface area (Å²) < 4.78 is 25.2. The Hall–Kier alpha value is -4.01. The van der Waals surface area contributed by atoms with Crippen LogP contribution in [0, 0.1) is 10.1 Å². The van der Waals surface area contributed by atoms with Crippen LogP contribution in [0.1, 0.15) is 31.2 Å². The molecule has 43 heavy (non-hydrogen) atoms. The number of ether oxygens (including phenoxy) is 3. The fraction of sp³-hybridized carbons (Fsp3) is 0.207. The largest absolute Gasteiger partial charge is 0.493 e. The number of carbonyl (C=O) groups excluding carboxylic acids is 1. The number of carbonyl (C=O) groups is 1. The van der Waals surface area contributed by atoms with E-state index >= 15 is 0 Å². The Kier molecular flexibility index (Phi) is 8.71. The molecule has 0 aliphatic carbocycles. The van der Waals surface area contributed by atoms with Crippen molar-refractivity contribution in [1.82, 2.24) is 4.57 Å². The quantitative estimate of drug-likeness (QED) is 0.132. The number of thiazole rings is 1. The number of hydrogen-bond acceptors (Lipinski definition) is 10. The van der Waals surface area contributed by atoms with Gasteiger partial charge in [-0.15, -0.1) is 0 Å². The van der Waals surface area contributed by atoms with Crippen molar-refractivity contribution in [2.45, 2.75) is 19.9 Å². The number of fused-ring (bicyclic) bond motifs is 1. The molecule has 4 aromatic rings. The minimum absolute atomic E-state index is 0.0586. The van der Waals surface area contributed by atoms with Crippen LogP contribution in [0.4, 0.5) is 5.69 Å². The van der Waals surface area contributed by atoms with Crippen molar-refractivity contribution in [2.75, 3.05) is 20.8 Å². The monoisotopic (exact) mass is 731 g/mol. The lowest BCUT2D eigenvalue weighted by molar-refractivity contribution is -0.384. The highest BCUT2D eigenvalue weighted by atomic mass is 79.9. The molecule has 14 heteroatoms. The first-order valence-corrected chi connectivity index (χ1v) is 15.1. The summed E-state index contributed by atoms with van der Waals surface area (Å²) in [5.41, 5.74) is 1.37. The first kappa shape index (κ1) is 30.4. The average molecular weight is 733 g/mol. The van der Waals surface area contributed by atoms with Crippen LogP contribution in [0.25, 0.3) is 17.4 Å². The SMILES string of the molecule is CCOC(=O)C1=C(C)N=c2s/c(=C/c3ccc(-c4ccc([N+](=O)[O-])cc4Br)o3)c(=O)n2[C@@H]1c1cc(OC)c(OC)cc1Br. The molecule has 0 saturated carbocycles. The van der Waals surface area contributed by atoms with Crippen molar-refractivity contribution in [3.8, 4) is 22.8 Å². The normalized spacial score (nSPS) is 14.7. The van der Waals surface area contributed by atoms with Gasteiger partial charge in [-0.2, -0.15) is 0 Å². The number of furan rings is 1. The van der Waals surface area contributed by atoms with Crippen LogP contribution in [-0.4, -0.2) is 36.3 Å². The molecule has 222 valence electrons. The van der Waals surface area contributed by atoms with Gasteiger partial charge in [0, 0.05) is 32.7 Å². The molecular formula is C29H23Br2N3O8S. The number of nitro groups is 1. The lowest BCUT2D eigenvalue weighted by atomic mass is 9.95. The van der Waals surface area contributed by atoms with Gasteiger partial charge in [-0.1, -0.05) is 27.3 Å². The van der Waals surface area contributed by atoms with Crippen molar-refractivity contribution >= 4 is 60.9 Å². The summed E-state index contributed by atoms with van der Waals surface area (Å²) in [5, 5.41) is 11.1. The number of nitro benzene ring substituents is 1. The van der Waals surface area contributed by atoms with E-state index in [0.717, 1.165) is 11.3 Å². The van der Waals surface area contributed by atoms with Crippen LogP contribution in [0.2, 0.25) is 0 Å². The molecule has 0 unspecified atom stereocenters. The summed E-state index contributed by atoms with van der Waals surface area (Å²) in [5.74, 6) is 1.14. The number of non-ortho nitro benzene ring substituents is 1. The molecule has 3 heterocycles. The minimum atomic E-state index is -0.880. The van der Waals surface area contributed by atoms with Crippen molar-refractivity contribution in [1.29, 1.82) is 0 Å². The second-order valence-corrected chi connectivity index (χ2v) is 11.9. The van der Waals surface area contributed by atoms with Crippen molar-refractivity contribution in [3.05, 3.63) is 104 Å². The van der Waals surface area contributed by atoms with Gasteiger partial charge >= 0.3 is 5.97 Å². The number of rotatable bonds is 8. The van der Waals surface area contributed by atoms with Crippen LogP contribution in [0.3, 0.4) is 0 Å². The predicted molar refractivity (Wildman–Crippen MR) is 166 cm³/mol. The molecule has 0 saturated heterocycles. The molecular weight excluding hydrogens is 710 g/mol. The van der Waals surface area contributed by atoms with Crippen LogP contribution in [-0.2, 0) is 9.53 Å². The summed E-state index contributed by atoms with van der Waals surface area (Å²) in [6.45, 7) is 3.55. The predicted octanol–water partition coefficient (Wildman–Crippen LogP) is 5.51. The van der Waals surface area contributed by atoms with Crippen LogP contribution in [0.5, 0.6) is 11.5 Å². The van der Waals surface area contributed by atoms with E-state index in [9.17, 15) is 19.7 Å². The Balaban J connectivity index is 1.66. The van der Waals surface area contributed by atoms with Gasteiger partial charge in [0.15, 0.2) is 16.3 Å². The van der Waals surface area contributed by atoms with Gasteiger partial charge < -0.3 is 18.6 Å². The lowest BCUT2D eigenvalue weighted by Crippen LogP contribution is -2.40. The minimum Gasteiger partial charge on any atom is -0.493 e. The molecule has 1 aliphatic heterocycles. The number of methoxy groups -OCH3 is 2. The zero-order valence-corrected chi connectivity index (χ0v) is 27.2. The topological polar surface area (TPSA) is 135 Å². The molecule has 11 nitrogen and oxygen atoms in total. The number of halogens is 2. The first-order valence-electron chi connectivity index (χ1n) is 12.7. The van der Waals surface area contributed by atoms with E-state index in [0.29, 0.717) is 58.1 Å². The Labute approximate surface area is 265 Å². The van der Waals surface area contributed by atoms with Crippen LogP contribution in [0.15, 0.2) is 76.9 Å². The molecule has 0 spiro atoms. The van der Waals surface area contributed by atoms with E-state index in [-0.39, 0.29) is 23.4 Å². The highest BCUT2D eigenvalue weighted by Crippen LogP contribution is 2.41. The number of esters is 1. The van der Waals surface area contributed by atoms with E-state index < -0.39 is 16.9 Å². The molecule has 0 bridgehead atoms. The Bertz CT molecular complexity index is 1990. The fourth-order valence-corrected chi connectivity index (χ4v) is 6.81. The molecule has 0 N–H and O–H groups in total. The third kappa shape index (κ3) is 5.69. The second-order valence-electron chi connectivity index (χ2n) is 9.15. The summed E-state index contributed by atoms with van der Waals surface area (Å²) in [7, 11) is 3.02. The van der Waals surface area contributed by atoms with E-state index in [2.05, 4.69) is 36.9 Å². The maximum Gasteiger partial charge on any atom is 0.338 e. The molecule has 1 aliphatic rings. The Morgan fingerprint density at radius 2 is 1.86 bits per heavy atom. The van der Waals surface area contributed by atoms with Gasteiger partial charge in [-0.25, -0.2) is 9.79 Å². The van der Waals surface area contributed by atoms with Gasteiger partial charge in [-0.05, 0) is 65.7 Å². The van der Waals surface area contributed by atoms with Gasteiger partial charge in [0.2, 0.25) is 0 Å². The van der Waals surface area contributed by atoms with Crippen molar-refractivity contribution in [2.24, 2.45) is 4.99 Å². The molecule has 0 fully saturated rings. The van der Waals surface area contributed by atoms with Gasteiger partial charge in [0.1, 0.15) is 11.5 Å². The molecule has 2 aromatic carbocycles. The van der Waals surface area contributed by atoms with Crippen molar-refractivity contribution < 1.29 is 28.3 Å². The summed E-state index contributed by atoms with van der Waals surface area (Å²) in [6.07, 6.45) is 1.59. The van der Waals surface area contributed by atoms with E-state index in [1.807, 2.05) is 0 Å². The van der Waals surface area contributed by atoms with E-state index in [1.54, 1.807) is 50.3 Å². The maximum absolute atomic E-state index is 14.0. The standard InChI is InChI=1S/C29H23Br2N3O8S/c1-5-41-28(36)25-14(2)32-29-33(26(25)18-12-22(39-3)23(40-4)13-20(18)31)27(35)24(43-29)11-16-7-9-21(42-16)17-8-6-15(34(37)38)10-19(17)30/h6-13,26H,5H2,1-4H3/b24-11+/t26-/m1/s1. The van der Waals surface area contributed by atoms with Gasteiger partial charge in [0.25, 0.3) is 11.2 Å². The fourth-order valence-electron chi connectivity index (χ4n) is 4.69. The summed E-state index contributed by atoms with van der Waals surface area (Å²) in [6, 6.07) is 10.3. The van der Waals surface area contributed by atoms with E-state index in [1.165, 1.54) is 30.9 Å². The molecule has 0 radical (unpaired) electrons. The van der Waals surface area contributed by atoms with Gasteiger partial charge in [-0.3, -0.25) is 19.5 Å². The van der Waals surface area contributed by atoms with Crippen molar-refractivity contribution in [3.63, 3.8) is 0 Å². The van der Waals surface area contributed by atoms with Crippen LogP contribution < -0.4 is 24.4 Å². The molecule has 5 rings (SSSR count). The number of hydrogen-bond donors (Lipinski definition) is 0. The Morgan fingerprint density at radius 3 is 2.51 bits per heavy atom. The summed E-state index contributed by atoms with van der Waals surface area (Å²) in [4.78, 5) is 42.8. The molecule has 2 aromatic heterocycles. The highest BCUT2D eigenvalue weighted by molar-refractivity contribution is 9.10. The number of nitrogens with zero attached hydrogens (tertiary/aromatic N) is 3. The lowest BCUT2D eigenvalue weighted by Gasteiger charge is -2.26. The zero-order chi connectivity index (χ0) is 31.0. The third-order valence-electron chi connectivity index (χ3n) is 6.64. The maximum atomic E-state index is 14.0. The zero-order valence-electron chi connectivity index (χ0n) is 23.2. The number of allylic oxidation sites excluding steroid dienone is 1. The van der Waals surface area contributed by atoms with Gasteiger partial charge in [0.05, 0.1) is 47.6 Å². The second kappa shape index (κ2) is 12.3. The summed E-state index contributed by atoms with van der Waals surface area (Å²) >= 11 is 8.10. The third-order valence-corrected chi connectivity index (χ3v) is 8.97. The first-order chi connectivity index (χ1) is 20.6. The smallest absolute Gasteiger partial charge is 0.338 e. The average Bonchev–Trinajstić information content (AvgIpc) is 3.56. The number of aromatic nitrogens is 1. The van der Waals surface area contributed by atoms with Crippen LogP contribution >= 0.6 is 43.2 Å². The van der Waals surface area contributed by atoms with E-state index in [4.69, 9.17) is 18.6 Å². The molecule has 1 atom stereocenters.